The molecule has 0 radical (unpaired) electrons. The van der Waals surface area contributed by atoms with Gasteiger partial charge in [0.1, 0.15) is 5.82 Å². The van der Waals surface area contributed by atoms with Crippen molar-refractivity contribution in [1.82, 2.24) is 14.5 Å². The molecule has 6 nitrogen and oxygen atoms in total. The average Bonchev–Trinajstić information content (AvgIpc) is 2.77. The topological polar surface area (TPSA) is 64.2 Å². The Morgan fingerprint density at radius 2 is 2.20 bits per heavy atom. The van der Waals surface area contributed by atoms with Crippen molar-refractivity contribution in [3.05, 3.63) is 57.1 Å². The second-order valence-corrected chi connectivity index (χ2v) is 5.07. The third kappa shape index (κ3) is 3.34. The van der Waals surface area contributed by atoms with Crippen LogP contribution in [0, 0.1) is 10.1 Å². The van der Waals surface area contributed by atoms with E-state index in [4.69, 9.17) is 11.6 Å². The molecule has 0 amide bonds. The highest BCUT2D eigenvalue weighted by molar-refractivity contribution is 6.31. The molecule has 0 aliphatic rings. The number of aryl methyl sites for hydroxylation is 1. The van der Waals surface area contributed by atoms with Crippen molar-refractivity contribution in [2.24, 2.45) is 7.05 Å². The number of hydrogen-bond donors (Lipinski definition) is 0. The van der Waals surface area contributed by atoms with E-state index in [9.17, 15) is 10.1 Å². The lowest BCUT2D eigenvalue weighted by Gasteiger charge is -2.17. The van der Waals surface area contributed by atoms with Gasteiger partial charge in [0.05, 0.1) is 11.5 Å². The van der Waals surface area contributed by atoms with Gasteiger partial charge >= 0.3 is 0 Å². The highest BCUT2D eigenvalue weighted by Crippen LogP contribution is 2.23. The number of benzene rings is 1. The van der Waals surface area contributed by atoms with Crippen LogP contribution in [0.25, 0.3) is 0 Å². The molecule has 0 spiro atoms. The maximum absolute atomic E-state index is 10.8. The lowest BCUT2D eigenvalue weighted by Crippen LogP contribution is -2.19. The molecule has 1 heterocycles. The predicted octanol–water partition coefficient (Wildman–Crippen LogP) is 2.61. The summed E-state index contributed by atoms with van der Waals surface area (Å²) < 4.78 is 1.94. The molecule has 0 N–H and O–H groups in total. The van der Waals surface area contributed by atoms with Crippen LogP contribution >= 0.6 is 11.6 Å². The molecule has 7 heteroatoms. The van der Waals surface area contributed by atoms with E-state index in [0.717, 1.165) is 11.4 Å². The first-order chi connectivity index (χ1) is 9.47. The monoisotopic (exact) mass is 294 g/mol. The van der Waals surface area contributed by atoms with Gasteiger partial charge in [-0.3, -0.25) is 15.0 Å². The summed E-state index contributed by atoms with van der Waals surface area (Å²) in [6, 6.07) is 4.48. The number of nitrogens with zero attached hydrogens (tertiary/aromatic N) is 4. The van der Waals surface area contributed by atoms with E-state index < -0.39 is 4.92 Å². The van der Waals surface area contributed by atoms with Crippen molar-refractivity contribution in [3.63, 3.8) is 0 Å². The normalized spacial score (nSPS) is 11.0. The largest absolute Gasteiger partial charge is 0.337 e. The van der Waals surface area contributed by atoms with Gasteiger partial charge in [-0.05, 0) is 18.7 Å². The van der Waals surface area contributed by atoms with Crippen molar-refractivity contribution < 1.29 is 4.92 Å². The van der Waals surface area contributed by atoms with Gasteiger partial charge in [-0.25, -0.2) is 4.98 Å². The summed E-state index contributed by atoms with van der Waals surface area (Å²) in [5.41, 5.74) is 0.785. The lowest BCUT2D eigenvalue weighted by molar-refractivity contribution is -0.384. The van der Waals surface area contributed by atoms with Crippen molar-refractivity contribution in [3.8, 4) is 0 Å². The van der Waals surface area contributed by atoms with Crippen LogP contribution in [0.1, 0.15) is 11.4 Å². The Morgan fingerprint density at radius 1 is 1.45 bits per heavy atom. The van der Waals surface area contributed by atoms with E-state index in [1.54, 1.807) is 12.3 Å². The lowest BCUT2D eigenvalue weighted by atomic mass is 10.2. The van der Waals surface area contributed by atoms with Crippen LogP contribution in [0.2, 0.25) is 5.02 Å². The Kier molecular flexibility index (Phi) is 4.36. The third-order valence-electron chi connectivity index (χ3n) is 3.01. The van der Waals surface area contributed by atoms with Crippen LogP contribution in [0.15, 0.2) is 30.6 Å². The minimum atomic E-state index is -0.418. The highest BCUT2D eigenvalue weighted by Gasteiger charge is 2.12. The van der Waals surface area contributed by atoms with Crippen LogP contribution in [0.5, 0.6) is 0 Å². The maximum atomic E-state index is 10.8. The Labute approximate surface area is 121 Å². The zero-order valence-corrected chi connectivity index (χ0v) is 12.0. The van der Waals surface area contributed by atoms with E-state index >= 15 is 0 Å². The molecule has 0 unspecified atom stereocenters. The molecule has 1 aromatic carbocycles. The quantitative estimate of drug-likeness (QED) is 0.628. The molecule has 0 fully saturated rings. The first-order valence-corrected chi connectivity index (χ1v) is 6.42. The Morgan fingerprint density at radius 3 is 2.80 bits per heavy atom. The number of rotatable bonds is 5. The SMILES string of the molecule is CN(Cc1cc([N+](=O)[O-])ccc1Cl)Cc1nccn1C. The van der Waals surface area contributed by atoms with Gasteiger partial charge in [-0.2, -0.15) is 0 Å². The van der Waals surface area contributed by atoms with E-state index in [1.807, 2.05) is 29.8 Å². The zero-order chi connectivity index (χ0) is 14.7. The van der Waals surface area contributed by atoms with Crippen molar-refractivity contribution in [2.45, 2.75) is 13.1 Å². The minimum absolute atomic E-state index is 0.0507. The number of nitro benzene ring substituents is 1. The van der Waals surface area contributed by atoms with Crippen molar-refractivity contribution >= 4 is 17.3 Å². The van der Waals surface area contributed by atoms with Gasteiger partial charge in [0.2, 0.25) is 0 Å². The summed E-state index contributed by atoms with van der Waals surface area (Å²) in [7, 11) is 3.85. The number of imidazole rings is 1. The molecule has 0 bridgehead atoms. The van der Waals surface area contributed by atoms with Gasteiger partial charge in [0.25, 0.3) is 5.69 Å². The molecule has 20 heavy (non-hydrogen) atoms. The summed E-state index contributed by atoms with van der Waals surface area (Å²) in [5.74, 6) is 0.925. The van der Waals surface area contributed by atoms with Crippen LogP contribution in [0.3, 0.4) is 0 Å². The van der Waals surface area contributed by atoms with Gasteiger partial charge in [0, 0.05) is 43.1 Å². The summed E-state index contributed by atoms with van der Waals surface area (Å²) in [4.78, 5) is 16.6. The summed E-state index contributed by atoms with van der Waals surface area (Å²) >= 11 is 6.09. The van der Waals surface area contributed by atoms with E-state index in [-0.39, 0.29) is 5.69 Å². The van der Waals surface area contributed by atoms with E-state index in [2.05, 4.69) is 4.98 Å². The Bertz CT molecular complexity index is 627. The van der Waals surface area contributed by atoms with Gasteiger partial charge < -0.3 is 4.57 Å². The number of aromatic nitrogens is 2. The summed E-state index contributed by atoms with van der Waals surface area (Å²) in [5, 5.41) is 11.3. The van der Waals surface area contributed by atoms with E-state index in [1.165, 1.54) is 12.1 Å². The minimum Gasteiger partial charge on any atom is -0.337 e. The number of nitro groups is 1. The van der Waals surface area contributed by atoms with Gasteiger partial charge in [-0.15, -0.1) is 0 Å². The molecule has 2 aromatic rings. The molecule has 2 rings (SSSR count). The fourth-order valence-electron chi connectivity index (χ4n) is 1.93. The first kappa shape index (κ1) is 14.5. The molecule has 106 valence electrons. The molecular formula is C13H15ClN4O2. The second-order valence-electron chi connectivity index (χ2n) is 4.66. The van der Waals surface area contributed by atoms with Gasteiger partial charge in [0.15, 0.2) is 0 Å². The first-order valence-electron chi connectivity index (χ1n) is 6.05. The second kappa shape index (κ2) is 6.02. The fourth-order valence-corrected chi connectivity index (χ4v) is 2.11. The van der Waals surface area contributed by atoms with E-state index in [0.29, 0.717) is 18.1 Å². The average molecular weight is 295 g/mol. The predicted molar refractivity (Wildman–Crippen MR) is 76.5 cm³/mol. The van der Waals surface area contributed by atoms with Crippen LogP contribution < -0.4 is 0 Å². The zero-order valence-electron chi connectivity index (χ0n) is 11.3. The molecule has 0 aliphatic heterocycles. The fraction of sp³-hybridized carbons (Fsp3) is 0.308. The van der Waals surface area contributed by atoms with Crippen molar-refractivity contribution in [1.29, 1.82) is 0 Å². The van der Waals surface area contributed by atoms with Crippen molar-refractivity contribution in [2.75, 3.05) is 7.05 Å². The highest BCUT2D eigenvalue weighted by atomic mass is 35.5. The van der Waals surface area contributed by atoms with Crippen LogP contribution in [-0.4, -0.2) is 26.4 Å². The van der Waals surface area contributed by atoms with Gasteiger partial charge in [-0.1, -0.05) is 11.6 Å². The number of halogens is 1. The third-order valence-corrected chi connectivity index (χ3v) is 3.38. The molecule has 1 aromatic heterocycles. The summed E-state index contributed by atoms with van der Waals surface area (Å²) in [6.07, 6.45) is 3.62. The number of hydrogen-bond acceptors (Lipinski definition) is 4. The molecule has 0 atom stereocenters. The standard InChI is InChI=1S/C13H15ClN4O2/c1-16(9-13-15-5-6-17(13)2)8-10-7-11(18(19)20)3-4-12(10)14/h3-7H,8-9H2,1-2H3. The Hall–Kier alpha value is -1.92. The van der Waals surface area contributed by atoms with Crippen LogP contribution in [-0.2, 0) is 20.1 Å². The molecule has 0 saturated heterocycles. The molecule has 0 aliphatic carbocycles. The maximum Gasteiger partial charge on any atom is 0.269 e. The van der Waals surface area contributed by atoms with Crippen LogP contribution in [0.4, 0.5) is 5.69 Å². The Balaban J connectivity index is 2.11. The molecular weight excluding hydrogens is 280 g/mol. The number of non-ortho nitro benzene ring substituents is 1. The smallest absolute Gasteiger partial charge is 0.269 e. The molecule has 0 saturated carbocycles. The summed E-state index contributed by atoms with van der Waals surface area (Å²) in [6.45, 7) is 1.16.